The van der Waals surface area contributed by atoms with Gasteiger partial charge in [-0.15, -0.1) is 0 Å². The molecule has 0 amide bonds. The van der Waals surface area contributed by atoms with Gasteiger partial charge in [0.2, 0.25) is 0 Å². The summed E-state index contributed by atoms with van der Waals surface area (Å²) in [4.78, 5) is 2.15. The Morgan fingerprint density at radius 2 is 0.673 bits per heavy atom. The molecule has 0 spiro atoms. The van der Waals surface area contributed by atoms with Crippen molar-refractivity contribution in [1.82, 2.24) is 0 Å². The van der Waals surface area contributed by atoms with Gasteiger partial charge in [0.15, 0.2) is 0 Å². The Kier molecular flexibility index (Phi) is 6.99. The second-order valence-electron chi connectivity index (χ2n) is 13.3. The normalized spacial score (nSPS) is 11.5. The molecule has 1 heteroatoms. The van der Waals surface area contributed by atoms with E-state index in [1.807, 2.05) is 0 Å². The van der Waals surface area contributed by atoms with Crippen LogP contribution < -0.4 is 4.90 Å². The standard InChI is InChI=1S/C48H35N/c1-49(2)44-11-7-10-36(31-44)32-14-16-33(17-15-32)41-28-42(37-22-24-47-39(26-37)20-18-34-8-3-5-12-45(34)47)30-43(29-41)38-23-25-48-40(27-38)21-19-35-9-4-6-13-46(35)48/h3-31H,1-2H3. The Bertz CT molecular complexity index is 2540. The summed E-state index contributed by atoms with van der Waals surface area (Å²) in [5, 5.41) is 10.2. The van der Waals surface area contributed by atoms with Gasteiger partial charge in [0.05, 0.1) is 0 Å². The molecule has 0 aromatic heterocycles. The van der Waals surface area contributed by atoms with E-state index in [1.54, 1.807) is 0 Å². The van der Waals surface area contributed by atoms with Crippen LogP contribution in [-0.4, -0.2) is 14.1 Å². The molecule has 0 bridgehead atoms. The smallest absolute Gasteiger partial charge is 0.0367 e. The maximum atomic E-state index is 2.36. The lowest BCUT2D eigenvalue weighted by molar-refractivity contribution is 1.13. The second-order valence-corrected chi connectivity index (χ2v) is 13.3. The topological polar surface area (TPSA) is 3.24 Å². The van der Waals surface area contributed by atoms with Crippen molar-refractivity contribution in [1.29, 1.82) is 0 Å². The van der Waals surface area contributed by atoms with Crippen molar-refractivity contribution >= 4 is 48.8 Å². The molecule has 0 aliphatic heterocycles. The molecule has 0 atom stereocenters. The quantitative estimate of drug-likeness (QED) is 0.172. The molecule has 0 fully saturated rings. The van der Waals surface area contributed by atoms with Crippen molar-refractivity contribution in [2.75, 3.05) is 19.0 Å². The zero-order valence-electron chi connectivity index (χ0n) is 27.7. The first-order chi connectivity index (χ1) is 24.1. The molecule has 9 aromatic rings. The molecule has 0 unspecified atom stereocenters. The van der Waals surface area contributed by atoms with E-state index in [9.17, 15) is 0 Å². The van der Waals surface area contributed by atoms with Gasteiger partial charge in [-0.05, 0) is 130 Å². The highest BCUT2D eigenvalue weighted by atomic mass is 15.1. The minimum Gasteiger partial charge on any atom is -0.378 e. The van der Waals surface area contributed by atoms with Crippen LogP contribution >= 0.6 is 0 Å². The van der Waals surface area contributed by atoms with Crippen LogP contribution in [0.4, 0.5) is 5.69 Å². The van der Waals surface area contributed by atoms with Gasteiger partial charge < -0.3 is 4.90 Å². The summed E-state index contributed by atoms with van der Waals surface area (Å²) in [6, 6.07) is 64.9. The largest absolute Gasteiger partial charge is 0.378 e. The number of hydrogen-bond acceptors (Lipinski definition) is 1. The number of hydrogen-bond donors (Lipinski definition) is 0. The Balaban J connectivity index is 1.18. The van der Waals surface area contributed by atoms with Gasteiger partial charge in [0, 0.05) is 19.8 Å². The average molecular weight is 626 g/mol. The van der Waals surface area contributed by atoms with Crippen molar-refractivity contribution < 1.29 is 0 Å². The Morgan fingerprint density at radius 3 is 1.20 bits per heavy atom. The Labute approximate surface area is 287 Å². The van der Waals surface area contributed by atoms with E-state index in [4.69, 9.17) is 0 Å². The van der Waals surface area contributed by atoms with E-state index in [-0.39, 0.29) is 0 Å². The van der Waals surface area contributed by atoms with Crippen molar-refractivity contribution in [3.63, 3.8) is 0 Å². The monoisotopic (exact) mass is 625 g/mol. The maximum absolute atomic E-state index is 2.36. The van der Waals surface area contributed by atoms with E-state index in [0.717, 1.165) is 0 Å². The number of benzene rings is 9. The third-order valence-electron chi connectivity index (χ3n) is 10.0. The summed E-state index contributed by atoms with van der Waals surface area (Å²) in [5.74, 6) is 0. The van der Waals surface area contributed by atoms with Crippen LogP contribution in [0.25, 0.3) is 87.6 Å². The van der Waals surface area contributed by atoms with E-state index in [0.29, 0.717) is 0 Å². The third kappa shape index (κ3) is 5.30. The van der Waals surface area contributed by atoms with Crippen LogP contribution in [0.3, 0.4) is 0 Å². The zero-order valence-corrected chi connectivity index (χ0v) is 27.7. The van der Waals surface area contributed by atoms with Gasteiger partial charge in [-0.3, -0.25) is 0 Å². The lowest BCUT2D eigenvalue weighted by atomic mass is 9.90. The second kappa shape index (κ2) is 11.8. The molecular formula is C48H35N. The van der Waals surface area contributed by atoms with Gasteiger partial charge in [0.25, 0.3) is 0 Å². The Morgan fingerprint density at radius 1 is 0.265 bits per heavy atom. The van der Waals surface area contributed by atoms with Gasteiger partial charge in [-0.2, -0.15) is 0 Å². The molecule has 1 nitrogen and oxygen atoms in total. The highest BCUT2D eigenvalue weighted by Gasteiger charge is 2.11. The predicted octanol–water partition coefficient (Wildman–Crippen LogP) is 13.0. The third-order valence-corrected chi connectivity index (χ3v) is 10.0. The van der Waals surface area contributed by atoms with Gasteiger partial charge in [-0.25, -0.2) is 0 Å². The van der Waals surface area contributed by atoms with Crippen LogP contribution in [0.15, 0.2) is 176 Å². The van der Waals surface area contributed by atoms with Crippen molar-refractivity contribution in [2.24, 2.45) is 0 Å². The van der Waals surface area contributed by atoms with E-state index < -0.39 is 0 Å². The molecule has 0 radical (unpaired) electrons. The number of anilines is 1. The van der Waals surface area contributed by atoms with Crippen LogP contribution in [-0.2, 0) is 0 Å². The summed E-state index contributed by atoms with van der Waals surface area (Å²) in [7, 11) is 4.17. The molecule has 232 valence electrons. The van der Waals surface area contributed by atoms with Crippen molar-refractivity contribution in [3.8, 4) is 44.5 Å². The van der Waals surface area contributed by atoms with Crippen LogP contribution in [0, 0.1) is 0 Å². The summed E-state index contributed by atoms with van der Waals surface area (Å²) in [5.41, 5.74) is 10.9. The average Bonchev–Trinajstić information content (AvgIpc) is 3.17. The first-order valence-electron chi connectivity index (χ1n) is 16.9. The van der Waals surface area contributed by atoms with Crippen molar-refractivity contribution in [3.05, 3.63) is 176 Å². The molecule has 0 saturated carbocycles. The first-order valence-corrected chi connectivity index (χ1v) is 16.9. The van der Waals surface area contributed by atoms with Gasteiger partial charge in [-0.1, -0.05) is 133 Å². The maximum Gasteiger partial charge on any atom is 0.0367 e. The molecule has 0 aliphatic rings. The summed E-state index contributed by atoms with van der Waals surface area (Å²) < 4.78 is 0. The predicted molar refractivity (Wildman–Crippen MR) is 213 cm³/mol. The fourth-order valence-corrected chi connectivity index (χ4v) is 7.33. The minimum absolute atomic E-state index is 1.20. The summed E-state index contributed by atoms with van der Waals surface area (Å²) >= 11 is 0. The highest BCUT2D eigenvalue weighted by molar-refractivity contribution is 6.09. The minimum atomic E-state index is 1.20. The molecule has 9 aromatic carbocycles. The lowest BCUT2D eigenvalue weighted by Crippen LogP contribution is -2.08. The molecule has 0 N–H and O–H groups in total. The lowest BCUT2D eigenvalue weighted by Gasteiger charge is -2.15. The van der Waals surface area contributed by atoms with E-state index in [2.05, 4.69) is 195 Å². The van der Waals surface area contributed by atoms with Crippen LogP contribution in [0.1, 0.15) is 0 Å². The fraction of sp³-hybridized carbons (Fsp3) is 0.0417. The summed E-state index contributed by atoms with van der Waals surface area (Å²) in [6.45, 7) is 0. The van der Waals surface area contributed by atoms with Crippen LogP contribution in [0.5, 0.6) is 0 Å². The molecule has 49 heavy (non-hydrogen) atoms. The number of fused-ring (bicyclic) bond motifs is 6. The van der Waals surface area contributed by atoms with E-state index >= 15 is 0 Å². The van der Waals surface area contributed by atoms with Gasteiger partial charge >= 0.3 is 0 Å². The molecule has 0 aliphatic carbocycles. The zero-order chi connectivity index (χ0) is 32.9. The van der Waals surface area contributed by atoms with E-state index in [1.165, 1.54) is 93.3 Å². The van der Waals surface area contributed by atoms with Crippen molar-refractivity contribution in [2.45, 2.75) is 0 Å². The summed E-state index contributed by atoms with van der Waals surface area (Å²) in [6.07, 6.45) is 0. The SMILES string of the molecule is CN(C)c1cccc(-c2ccc(-c3cc(-c4ccc5c(ccc6ccccc65)c4)cc(-c4ccc5c(ccc6ccccc65)c4)c3)cc2)c1. The fourth-order valence-electron chi connectivity index (χ4n) is 7.33. The van der Waals surface area contributed by atoms with Crippen LogP contribution in [0.2, 0.25) is 0 Å². The van der Waals surface area contributed by atoms with Gasteiger partial charge in [0.1, 0.15) is 0 Å². The molecule has 9 rings (SSSR count). The first kappa shape index (κ1) is 29.0. The number of rotatable bonds is 5. The molecule has 0 heterocycles. The highest BCUT2D eigenvalue weighted by Crippen LogP contribution is 2.37. The molecule has 0 saturated heterocycles. The Hall–Kier alpha value is -6.18. The molecular weight excluding hydrogens is 591 g/mol. The number of nitrogens with zero attached hydrogens (tertiary/aromatic N) is 1.